The van der Waals surface area contributed by atoms with Crippen LogP contribution in [0.1, 0.15) is 0 Å². The topological polar surface area (TPSA) is 84.9 Å². The highest BCUT2D eigenvalue weighted by Gasteiger charge is 2.27. The molecule has 0 radical (unpaired) electrons. The summed E-state index contributed by atoms with van der Waals surface area (Å²) in [6.45, 7) is 0.0819. The van der Waals surface area contributed by atoms with Crippen molar-refractivity contribution < 1.29 is 22.7 Å². The second-order valence-electron chi connectivity index (χ2n) is 5.67. The number of para-hydroxylation sites is 2. The zero-order valence-electron chi connectivity index (χ0n) is 13.8. The average molecular weight is 362 g/mol. The van der Waals surface area contributed by atoms with Crippen molar-refractivity contribution >= 4 is 21.6 Å². The molecule has 0 saturated carbocycles. The lowest BCUT2D eigenvalue weighted by Crippen LogP contribution is -2.40. The van der Waals surface area contributed by atoms with Gasteiger partial charge in [-0.3, -0.25) is 4.79 Å². The van der Waals surface area contributed by atoms with Crippen LogP contribution in [-0.4, -0.2) is 45.4 Å². The van der Waals surface area contributed by atoms with Crippen molar-refractivity contribution in [3.63, 3.8) is 0 Å². The van der Waals surface area contributed by atoms with E-state index in [1.54, 1.807) is 30.3 Å². The number of carbonyl (C=O) groups is 1. The molecule has 1 aliphatic heterocycles. The summed E-state index contributed by atoms with van der Waals surface area (Å²) in [5.74, 6) is 0.678. The predicted molar refractivity (Wildman–Crippen MR) is 92.3 cm³/mol. The zero-order chi connectivity index (χ0) is 18.0. The van der Waals surface area contributed by atoms with Crippen LogP contribution in [0.2, 0.25) is 0 Å². The Morgan fingerprint density at radius 1 is 1.12 bits per heavy atom. The van der Waals surface area contributed by atoms with Crippen LogP contribution in [0, 0.1) is 0 Å². The first-order valence-corrected chi connectivity index (χ1v) is 9.04. The number of fused-ring (bicyclic) bond motifs is 1. The monoisotopic (exact) mass is 362 g/mol. The van der Waals surface area contributed by atoms with Gasteiger partial charge in [-0.2, -0.15) is 0 Å². The Hall–Kier alpha value is -2.58. The fourth-order valence-corrected chi connectivity index (χ4v) is 3.26. The van der Waals surface area contributed by atoms with E-state index in [1.807, 2.05) is 6.07 Å². The maximum Gasteiger partial charge on any atom is 0.269 e. The third-order valence-corrected chi connectivity index (χ3v) is 5.49. The fourth-order valence-electron chi connectivity index (χ4n) is 2.32. The molecule has 0 fully saturated rings. The number of rotatable bonds is 4. The van der Waals surface area contributed by atoms with Crippen LogP contribution >= 0.6 is 0 Å². The maximum absolute atomic E-state index is 12.4. The minimum absolute atomic E-state index is 0.0819. The van der Waals surface area contributed by atoms with Gasteiger partial charge >= 0.3 is 0 Å². The second-order valence-corrected chi connectivity index (χ2v) is 7.82. The molecule has 25 heavy (non-hydrogen) atoms. The Bertz CT molecular complexity index is 895. The van der Waals surface area contributed by atoms with E-state index in [0.29, 0.717) is 17.2 Å². The van der Waals surface area contributed by atoms with Crippen LogP contribution in [0.3, 0.4) is 0 Å². The van der Waals surface area contributed by atoms with Gasteiger partial charge in [0, 0.05) is 19.8 Å². The van der Waals surface area contributed by atoms with Crippen molar-refractivity contribution in [2.24, 2.45) is 0 Å². The molecule has 1 heterocycles. The SMILES string of the molecule is CN(C)S(=O)(=O)c1cccc(NC(=O)C2COc3ccccc3O2)c1. The number of sulfonamides is 1. The van der Waals surface area contributed by atoms with Gasteiger partial charge in [-0.05, 0) is 30.3 Å². The van der Waals surface area contributed by atoms with Crippen molar-refractivity contribution in [2.75, 3.05) is 26.0 Å². The second kappa shape index (κ2) is 6.73. The molecule has 0 saturated heterocycles. The van der Waals surface area contributed by atoms with Gasteiger partial charge in [-0.15, -0.1) is 0 Å². The molecule has 3 rings (SSSR count). The van der Waals surface area contributed by atoms with Gasteiger partial charge < -0.3 is 14.8 Å². The van der Waals surface area contributed by atoms with E-state index in [4.69, 9.17) is 9.47 Å². The normalized spacial score (nSPS) is 16.5. The molecule has 8 heteroatoms. The number of nitrogens with one attached hydrogen (secondary N) is 1. The standard InChI is InChI=1S/C17H18N2O5S/c1-19(2)25(21,22)13-7-5-6-12(10-13)18-17(20)16-11-23-14-8-3-4-9-15(14)24-16/h3-10,16H,11H2,1-2H3,(H,18,20). The van der Waals surface area contributed by atoms with Crippen LogP contribution in [0.25, 0.3) is 0 Å². The molecule has 2 aromatic rings. The van der Waals surface area contributed by atoms with Gasteiger partial charge in [-0.25, -0.2) is 12.7 Å². The van der Waals surface area contributed by atoms with Crippen LogP contribution in [0.5, 0.6) is 11.5 Å². The fraction of sp³-hybridized carbons (Fsp3) is 0.235. The third-order valence-electron chi connectivity index (χ3n) is 3.68. The van der Waals surface area contributed by atoms with Crippen LogP contribution in [0.4, 0.5) is 5.69 Å². The van der Waals surface area contributed by atoms with E-state index in [-0.39, 0.29) is 11.5 Å². The Balaban J connectivity index is 1.74. The number of hydrogen-bond acceptors (Lipinski definition) is 5. The lowest BCUT2D eigenvalue weighted by atomic mass is 10.2. The summed E-state index contributed by atoms with van der Waals surface area (Å²) >= 11 is 0. The lowest BCUT2D eigenvalue weighted by Gasteiger charge is -2.25. The number of ether oxygens (including phenoxy) is 2. The molecule has 0 bridgehead atoms. The number of benzene rings is 2. The molecule has 132 valence electrons. The van der Waals surface area contributed by atoms with Crippen molar-refractivity contribution in [2.45, 2.75) is 11.0 Å². The van der Waals surface area contributed by atoms with E-state index < -0.39 is 22.0 Å². The predicted octanol–water partition coefficient (Wildman–Crippen LogP) is 1.72. The molecule has 0 spiro atoms. The van der Waals surface area contributed by atoms with Gasteiger partial charge in [0.05, 0.1) is 4.90 Å². The first kappa shape index (κ1) is 17.2. The molecule has 2 aromatic carbocycles. The summed E-state index contributed by atoms with van der Waals surface area (Å²) in [5, 5.41) is 2.67. The van der Waals surface area contributed by atoms with E-state index in [2.05, 4.69) is 5.32 Å². The summed E-state index contributed by atoms with van der Waals surface area (Å²) in [5.41, 5.74) is 0.371. The zero-order valence-corrected chi connectivity index (χ0v) is 14.6. The molecule has 7 nitrogen and oxygen atoms in total. The van der Waals surface area contributed by atoms with Crippen molar-refractivity contribution in [1.82, 2.24) is 4.31 Å². The van der Waals surface area contributed by atoms with E-state index in [0.717, 1.165) is 4.31 Å². The molecule has 1 unspecified atom stereocenters. The van der Waals surface area contributed by atoms with Gasteiger partial charge in [-0.1, -0.05) is 18.2 Å². The minimum Gasteiger partial charge on any atom is -0.485 e. The largest absolute Gasteiger partial charge is 0.485 e. The molecular weight excluding hydrogens is 344 g/mol. The van der Waals surface area contributed by atoms with Gasteiger partial charge in [0.15, 0.2) is 11.5 Å². The van der Waals surface area contributed by atoms with Crippen molar-refractivity contribution in [3.05, 3.63) is 48.5 Å². The van der Waals surface area contributed by atoms with Crippen molar-refractivity contribution in [3.8, 4) is 11.5 Å². The number of carbonyl (C=O) groups excluding carboxylic acids is 1. The molecule has 0 aliphatic carbocycles. The smallest absolute Gasteiger partial charge is 0.269 e. The molecule has 1 N–H and O–H groups in total. The summed E-state index contributed by atoms with van der Waals surface area (Å²) in [6.07, 6.45) is -0.816. The third kappa shape index (κ3) is 3.59. The van der Waals surface area contributed by atoms with Crippen LogP contribution in [0.15, 0.2) is 53.4 Å². The number of amides is 1. The molecule has 1 atom stereocenters. The van der Waals surface area contributed by atoms with E-state index >= 15 is 0 Å². The van der Waals surface area contributed by atoms with E-state index in [1.165, 1.54) is 26.2 Å². The van der Waals surface area contributed by atoms with Gasteiger partial charge in [0.25, 0.3) is 5.91 Å². The summed E-state index contributed by atoms with van der Waals surface area (Å²) in [7, 11) is -0.675. The highest BCUT2D eigenvalue weighted by atomic mass is 32.2. The molecule has 0 aromatic heterocycles. The number of hydrogen-bond donors (Lipinski definition) is 1. The first-order valence-electron chi connectivity index (χ1n) is 7.60. The van der Waals surface area contributed by atoms with Gasteiger partial charge in [0.1, 0.15) is 6.61 Å². The highest BCUT2D eigenvalue weighted by Crippen LogP contribution is 2.31. The summed E-state index contributed by atoms with van der Waals surface area (Å²) in [6, 6.07) is 13.2. The Labute approximate surface area is 146 Å². The average Bonchev–Trinajstić information content (AvgIpc) is 2.61. The molecule has 1 amide bonds. The van der Waals surface area contributed by atoms with Crippen LogP contribution < -0.4 is 14.8 Å². The molecular formula is C17H18N2O5S. The highest BCUT2D eigenvalue weighted by molar-refractivity contribution is 7.89. The summed E-state index contributed by atoms with van der Waals surface area (Å²) in [4.78, 5) is 12.5. The van der Waals surface area contributed by atoms with Gasteiger partial charge in [0.2, 0.25) is 16.1 Å². The number of anilines is 1. The van der Waals surface area contributed by atoms with E-state index in [9.17, 15) is 13.2 Å². The minimum atomic E-state index is -3.57. The maximum atomic E-state index is 12.4. The lowest BCUT2D eigenvalue weighted by molar-refractivity contribution is -0.125. The Morgan fingerprint density at radius 2 is 1.84 bits per heavy atom. The van der Waals surface area contributed by atoms with Crippen molar-refractivity contribution in [1.29, 1.82) is 0 Å². The van der Waals surface area contributed by atoms with Crippen LogP contribution in [-0.2, 0) is 14.8 Å². The number of nitrogens with zero attached hydrogens (tertiary/aromatic N) is 1. The Kier molecular flexibility index (Phi) is 4.65. The quantitative estimate of drug-likeness (QED) is 0.895. The Morgan fingerprint density at radius 3 is 2.56 bits per heavy atom. The molecule has 1 aliphatic rings. The summed E-state index contributed by atoms with van der Waals surface area (Å²) < 4.78 is 36.6. The first-order chi connectivity index (χ1) is 11.9.